The van der Waals surface area contributed by atoms with Crippen LogP contribution in [0.25, 0.3) is 5.57 Å². The molecule has 0 spiro atoms. The molecule has 2 heterocycles. The van der Waals surface area contributed by atoms with Gasteiger partial charge in [0.2, 0.25) is 0 Å². The van der Waals surface area contributed by atoms with Gasteiger partial charge in [0, 0.05) is 37.7 Å². The minimum atomic E-state index is -1.08. The highest BCUT2D eigenvalue weighted by Crippen LogP contribution is 2.16. The standard InChI is InChI=1S/C9H12N4.C3H8FP/c1-7-10-3-8(4-11-7)9-5-12-13(2)6-9;1-3(2,4)5/h3-4,6,12H,5H2,1-2H3;5H2,1-2H3. The Morgan fingerprint density at radius 3 is 2.28 bits per heavy atom. The number of halogens is 1. The minimum Gasteiger partial charge on any atom is -0.318 e. The summed E-state index contributed by atoms with van der Waals surface area (Å²) in [5.41, 5.74) is 5.48. The molecule has 6 heteroatoms. The van der Waals surface area contributed by atoms with Crippen LogP contribution in [0.4, 0.5) is 4.39 Å². The lowest BCUT2D eigenvalue weighted by molar-refractivity contribution is 0.345. The largest absolute Gasteiger partial charge is 0.318 e. The lowest BCUT2D eigenvalue weighted by Crippen LogP contribution is -2.23. The molecule has 1 aliphatic rings. The molecule has 0 bridgehead atoms. The van der Waals surface area contributed by atoms with Gasteiger partial charge >= 0.3 is 0 Å². The molecule has 1 N–H and O–H groups in total. The fourth-order valence-electron chi connectivity index (χ4n) is 1.27. The average Bonchev–Trinajstić information content (AvgIpc) is 2.63. The van der Waals surface area contributed by atoms with E-state index < -0.39 is 5.41 Å². The van der Waals surface area contributed by atoms with Gasteiger partial charge in [0.15, 0.2) is 0 Å². The summed E-state index contributed by atoms with van der Waals surface area (Å²) in [4.78, 5) is 8.30. The summed E-state index contributed by atoms with van der Waals surface area (Å²) in [6.07, 6.45) is 5.76. The Kier molecular flexibility index (Phi) is 5.17. The number of hydrazine groups is 1. The first-order chi connectivity index (χ1) is 8.25. The van der Waals surface area contributed by atoms with Crippen LogP contribution in [0.15, 0.2) is 18.6 Å². The molecule has 0 saturated carbocycles. The van der Waals surface area contributed by atoms with E-state index in [0.717, 1.165) is 17.9 Å². The lowest BCUT2D eigenvalue weighted by Gasteiger charge is -2.04. The van der Waals surface area contributed by atoms with E-state index in [0.29, 0.717) is 0 Å². The Morgan fingerprint density at radius 2 is 1.89 bits per heavy atom. The van der Waals surface area contributed by atoms with Crippen LogP contribution < -0.4 is 5.43 Å². The molecule has 1 aromatic heterocycles. The van der Waals surface area contributed by atoms with E-state index in [2.05, 4.69) is 15.4 Å². The van der Waals surface area contributed by atoms with Crippen molar-refractivity contribution in [3.8, 4) is 0 Å². The maximum Gasteiger partial charge on any atom is 0.125 e. The average molecular weight is 270 g/mol. The summed E-state index contributed by atoms with van der Waals surface area (Å²) in [7, 11) is 4.02. The molecular weight excluding hydrogens is 250 g/mol. The van der Waals surface area contributed by atoms with Crippen molar-refractivity contribution in [3.63, 3.8) is 0 Å². The zero-order valence-electron chi connectivity index (χ0n) is 11.2. The van der Waals surface area contributed by atoms with E-state index in [4.69, 9.17) is 0 Å². The fraction of sp³-hybridized carbons (Fsp3) is 0.500. The molecule has 0 radical (unpaired) electrons. The molecule has 0 aromatic carbocycles. The van der Waals surface area contributed by atoms with Crippen LogP contribution in [0.1, 0.15) is 25.2 Å². The molecule has 0 saturated heterocycles. The van der Waals surface area contributed by atoms with E-state index in [1.54, 1.807) is 0 Å². The predicted octanol–water partition coefficient (Wildman–Crippen LogP) is 2.14. The summed E-state index contributed by atoms with van der Waals surface area (Å²) in [5.74, 6) is 0.809. The third kappa shape index (κ3) is 6.03. The van der Waals surface area contributed by atoms with Gasteiger partial charge in [-0.25, -0.2) is 19.8 Å². The first-order valence-corrected chi connectivity index (χ1v) is 6.27. The smallest absolute Gasteiger partial charge is 0.125 e. The Labute approximate surface area is 110 Å². The van der Waals surface area contributed by atoms with Gasteiger partial charge in [-0.3, -0.25) is 0 Å². The Hall–Kier alpha value is -1.06. The van der Waals surface area contributed by atoms with Gasteiger partial charge in [-0.15, -0.1) is 0 Å². The van der Waals surface area contributed by atoms with Crippen molar-refractivity contribution in [1.82, 2.24) is 20.4 Å². The van der Waals surface area contributed by atoms with Crippen LogP contribution in [-0.2, 0) is 0 Å². The van der Waals surface area contributed by atoms with Gasteiger partial charge in [-0.2, -0.15) is 0 Å². The van der Waals surface area contributed by atoms with Crippen LogP contribution in [0, 0.1) is 6.92 Å². The number of aromatic nitrogens is 2. The summed E-state index contributed by atoms with van der Waals surface area (Å²) in [6.45, 7) is 5.70. The number of aryl methyl sites for hydroxylation is 1. The van der Waals surface area contributed by atoms with Gasteiger partial charge in [0.25, 0.3) is 0 Å². The molecule has 18 heavy (non-hydrogen) atoms. The van der Waals surface area contributed by atoms with Crippen LogP contribution in [0.3, 0.4) is 0 Å². The molecule has 2 rings (SSSR count). The SMILES string of the molecule is CC(C)(F)P.Cc1ncc(C2=CN(C)NC2)cn1. The van der Waals surface area contributed by atoms with Gasteiger partial charge in [-0.05, 0) is 26.3 Å². The second kappa shape index (κ2) is 6.21. The lowest BCUT2D eigenvalue weighted by atomic mass is 10.1. The van der Waals surface area contributed by atoms with Crippen molar-refractivity contribution in [2.75, 3.05) is 13.6 Å². The number of nitrogens with zero attached hydrogens (tertiary/aromatic N) is 3. The number of nitrogens with one attached hydrogen (secondary N) is 1. The summed E-state index contributed by atoms with van der Waals surface area (Å²) < 4.78 is 11.7. The maximum absolute atomic E-state index is 11.7. The molecule has 1 unspecified atom stereocenters. The van der Waals surface area contributed by atoms with Crippen molar-refractivity contribution >= 4 is 14.8 Å². The molecular formula is C12H20FN4P. The normalized spacial score (nSPS) is 15.0. The highest BCUT2D eigenvalue weighted by atomic mass is 31.0. The molecule has 4 nitrogen and oxygen atoms in total. The molecule has 1 aliphatic heterocycles. The van der Waals surface area contributed by atoms with E-state index in [9.17, 15) is 4.39 Å². The number of rotatable bonds is 1. The van der Waals surface area contributed by atoms with E-state index in [1.807, 2.05) is 46.8 Å². The van der Waals surface area contributed by atoms with Crippen molar-refractivity contribution in [3.05, 3.63) is 30.0 Å². The quantitative estimate of drug-likeness (QED) is 0.794. The Morgan fingerprint density at radius 1 is 1.39 bits per heavy atom. The maximum atomic E-state index is 11.7. The van der Waals surface area contributed by atoms with Gasteiger partial charge in [0.05, 0.1) is 0 Å². The summed E-state index contributed by atoms with van der Waals surface area (Å²) >= 11 is 0. The van der Waals surface area contributed by atoms with Crippen LogP contribution in [0.2, 0.25) is 0 Å². The summed E-state index contributed by atoms with van der Waals surface area (Å²) in [5, 5.41) is 0.856. The van der Waals surface area contributed by atoms with E-state index in [1.165, 1.54) is 19.4 Å². The fourth-order valence-corrected chi connectivity index (χ4v) is 1.27. The van der Waals surface area contributed by atoms with Gasteiger partial charge < -0.3 is 5.01 Å². The molecule has 0 aliphatic carbocycles. The van der Waals surface area contributed by atoms with Crippen LogP contribution >= 0.6 is 9.24 Å². The van der Waals surface area contributed by atoms with Crippen LogP contribution in [0.5, 0.6) is 0 Å². The molecule has 1 aromatic rings. The monoisotopic (exact) mass is 270 g/mol. The second-order valence-corrected chi connectivity index (χ2v) is 6.06. The van der Waals surface area contributed by atoms with Crippen molar-refractivity contribution in [2.24, 2.45) is 0 Å². The number of alkyl halides is 1. The third-order valence-electron chi connectivity index (χ3n) is 2.02. The highest BCUT2D eigenvalue weighted by molar-refractivity contribution is 7.18. The highest BCUT2D eigenvalue weighted by Gasteiger charge is 2.10. The second-order valence-electron chi connectivity index (χ2n) is 4.68. The van der Waals surface area contributed by atoms with Gasteiger partial charge in [-0.1, -0.05) is 9.24 Å². The Balaban J connectivity index is 0.000000280. The Bertz CT molecular complexity index is 405. The molecule has 100 valence electrons. The first kappa shape index (κ1) is 15.0. The number of hydrogen-bond donors (Lipinski definition) is 1. The minimum absolute atomic E-state index is 0.809. The molecule has 0 fully saturated rings. The van der Waals surface area contributed by atoms with E-state index >= 15 is 0 Å². The zero-order chi connectivity index (χ0) is 13.8. The summed E-state index contributed by atoms with van der Waals surface area (Å²) in [6, 6.07) is 0. The third-order valence-corrected chi connectivity index (χ3v) is 2.02. The van der Waals surface area contributed by atoms with Crippen LogP contribution in [-0.4, -0.2) is 34.0 Å². The van der Waals surface area contributed by atoms with Crippen molar-refractivity contribution in [1.29, 1.82) is 0 Å². The van der Waals surface area contributed by atoms with Gasteiger partial charge in [0.1, 0.15) is 11.2 Å². The predicted molar refractivity (Wildman–Crippen MR) is 75.4 cm³/mol. The van der Waals surface area contributed by atoms with E-state index in [-0.39, 0.29) is 0 Å². The molecule has 0 amide bonds. The molecule has 1 atom stereocenters. The topological polar surface area (TPSA) is 41.1 Å². The zero-order valence-corrected chi connectivity index (χ0v) is 12.4. The van der Waals surface area contributed by atoms with Crippen molar-refractivity contribution in [2.45, 2.75) is 26.2 Å². The van der Waals surface area contributed by atoms with Crippen molar-refractivity contribution < 1.29 is 4.39 Å². The number of hydrogen-bond acceptors (Lipinski definition) is 4. The first-order valence-electron chi connectivity index (χ1n) is 5.69.